The molecule has 0 heterocycles. The summed E-state index contributed by atoms with van der Waals surface area (Å²) in [6.07, 6.45) is 6.91. The van der Waals surface area contributed by atoms with Gasteiger partial charge in [0.1, 0.15) is 0 Å². The SMILES string of the molecule is CCC(C)CC(=C=C1C(=c2c3cccc2=C3)C1(CC(C)CC)c1ccc(C)cc1)c1ccc(C)cc1.[LiH].[LiH]. The van der Waals surface area contributed by atoms with Crippen molar-refractivity contribution in [3.8, 4) is 0 Å². The molecule has 0 radical (unpaired) electrons. The zero-order valence-corrected chi connectivity index (χ0v) is 22.9. The average Bonchev–Trinajstić information content (AvgIpc) is 3.49. The summed E-state index contributed by atoms with van der Waals surface area (Å²) in [5.41, 5.74) is 15.1. The van der Waals surface area contributed by atoms with Gasteiger partial charge in [0, 0.05) is 11.1 Å². The van der Waals surface area contributed by atoms with Gasteiger partial charge in [0.15, 0.2) is 0 Å². The standard InChI is InChI=1S/C36H40.2Li.2H/c1-7-24(3)20-31(28-16-12-26(5)13-17-28)22-33-35(34-29-10-9-11-30(34)21-29)36(33,23-25(4)8-2)32-18-14-27(6)15-19-32;;;;/h9-19,21,24-25H,7-8,20,23H2,1-6H3;;;;. The molecule has 0 nitrogen and oxygen atoms in total. The average molecular weight is 489 g/mol. The van der Waals surface area contributed by atoms with Crippen molar-refractivity contribution in [2.75, 3.05) is 0 Å². The number of aryl methyl sites for hydroxylation is 2. The molecule has 5 rings (SSSR count). The van der Waals surface area contributed by atoms with Gasteiger partial charge in [0.2, 0.25) is 0 Å². The molecule has 0 N–H and O–H groups in total. The van der Waals surface area contributed by atoms with E-state index in [-0.39, 0.29) is 43.1 Å². The summed E-state index contributed by atoms with van der Waals surface area (Å²) in [5, 5.41) is 2.86. The minimum atomic E-state index is -0.0480. The summed E-state index contributed by atoms with van der Waals surface area (Å²) in [7, 11) is 0. The van der Waals surface area contributed by atoms with Gasteiger partial charge < -0.3 is 0 Å². The Hall–Kier alpha value is -1.89. The second-order valence-corrected chi connectivity index (χ2v) is 11.4. The van der Waals surface area contributed by atoms with Crippen LogP contribution in [0.3, 0.4) is 0 Å². The van der Waals surface area contributed by atoms with E-state index in [1.807, 2.05) is 0 Å². The van der Waals surface area contributed by atoms with Crippen LogP contribution < -0.4 is 10.4 Å². The maximum absolute atomic E-state index is 4.11. The number of rotatable bonds is 8. The number of benzene rings is 3. The Kier molecular flexibility index (Phi) is 10.1. The van der Waals surface area contributed by atoms with Gasteiger partial charge >= 0.3 is 37.7 Å². The molecule has 0 aromatic heterocycles. The molecule has 0 amide bonds. The van der Waals surface area contributed by atoms with Gasteiger partial charge in [-0.15, -0.1) is 5.73 Å². The second kappa shape index (κ2) is 12.5. The zero-order valence-electron chi connectivity index (χ0n) is 22.9. The summed E-state index contributed by atoms with van der Waals surface area (Å²) in [5.74, 6) is 1.26. The van der Waals surface area contributed by atoms with Crippen molar-refractivity contribution in [1.82, 2.24) is 0 Å². The van der Waals surface area contributed by atoms with Crippen molar-refractivity contribution < 1.29 is 0 Å². The molecule has 3 aromatic rings. The van der Waals surface area contributed by atoms with Crippen LogP contribution in [0.15, 0.2) is 78.0 Å². The molecule has 2 aliphatic rings. The van der Waals surface area contributed by atoms with E-state index in [1.54, 1.807) is 0 Å². The fraction of sp³-hybridized carbons (Fsp3) is 0.361. The Bertz CT molecular complexity index is 1470. The van der Waals surface area contributed by atoms with Gasteiger partial charge in [-0.2, -0.15) is 0 Å². The van der Waals surface area contributed by atoms with Gasteiger partial charge in [0.25, 0.3) is 0 Å². The summed E-state index contributed by atoms with van der Waals surface area (Å²) >= 11 is 0. The summed E-state index contributed by atoms with van der Waals surface area (Å²) in [6.45, 7) is 13.8. The predicted molar refractivity (Wildman–Crippen MR) is 170 cm³/mol. The minimum absolute atomic E-state index is 0. The van der Waals surface area contributed by atoms with Crippen LogP contribution >= 0.6 is 0 Å². The third-order valence-electron chi connectivity index (χ3n) is 8.55. The Morgan fingerprint density at radius 2 is 1.39 bits per heavy atom. The molecule has 1 saturated carbocycles. The van der Waals surface area contributed by atoms with E-state index in [4.69, 9.17) is 0 Å². The van der Waals surface area contributed by atoms with Crippen LogP contribution in [-0.4, -0.2) is 37.7 Å². The van der Waals surface area contributed by atoms with Crippen LogP contribution in [0.1, 0.15) is 81.2 Å². The first-order valence-corrected chi connectivity index (χ1v) is 13.9. The van der Waals surface area contributed by atoms with Crippen LogP contribution in [0.2, 0.25) is 0 Å². The number of hydrogen-bond donors (Lipinski definition) is 0. The Morgan fingerprint density at radius 3 is 1.92 bits per heavy atom. The van der Waals surface area contributed by atoms with Gasteiger partial charge in [-0.25, -0.2) is 0 Å². The van der Waals surface area contributed by atoms with Crippen LogP contribution in [0.25, 0.3) is 17.2 Å². The van der Waals surface area contributed by atoms with Gasteiger partial charge in [-0.1, -0.05) is 118 Å². The van der Waals surface area contributed by atoms with Gasteiger partial charge in [-0.05, 0) is 77.3 Å². The fourth-order valence-corrected chi connectivity index (χ4v) is 5.79. The van der Waals surface area contributed by atoms with E-state index in [9.17, 15) is 0 Å². The van der Waals surface area contributed by atoms with E-state index in [0.717, 1.165) is 12.8 Å². The van der Waals surface area contributed by atoms with E-state index in [0.29, 0.717) is 11.8 Å². The molecule has 0 aliphatic heterocycles. The number of allylic oxidation sites excluding steroid dienone is 1. The first-order valence-electron chi connectivity index (χ1n) is 13.9. The summed E-state index contributed by atoms with van der Waals surface area (Å²) < 4.78 is 0. The Labute approximate surface area is 254 Å². The molecular formula is C36H42Li2. The van der Waals surface area contributed by atoms with Gasteiger partial charge in [0.05, 0.1) is 5.41 Å². The van der Waals surface area contributed by atoms with Crippen molar-refractivity contribution in [3.05, 3.63) is 116 Å². The van der Waals surface area contributed by atoms with E-state index >= 15 is 0 Å². The third-order valence-corrected chi connectivity index (χ3v) is 8.55. The van der Waals surface area contributed by atoms with Crippen molar-refractivity contribution in [3.63, 3.8) is 0 Å². The molecule has 2 bridgehead atoms. The van der Waals surface area contributed by atoms with Crippen LogP contribution in [0, 0.1) is 25.7 Å². The van der Waals surface area contributed by atoms with Crippen molar-refractivity contribution in [2.45, 2.75) is 72.6 Å². The molecule has 0 saturated heterocycles. The van der Waals surface area contributed by atoms with Crippen molar-refractivity contribution in [1.29, 1.82) is 0 Å². The molecule has 2 aliphatic carbocycles. The molecule has 3 unspecified atom stereocenters. The summed E-state index contributed by atoms with van der Waals surface area (Å²) in [4.78, 5) is 0. The van der Waals surface area contributed by atoms with Gasteiger partial charge in [-0.3, -0.25) is 0 Å². The molecule has 3 atom stereocenters. The van der Waals surface area contributed by atoms with Crippen molar-refractivity contribution >= 4 is 54.9 Å². The fourth-order valence-electron chi connectivity index (χ4n) is 5.79. The zero-order chi connectivity index (χ0) is 25.4. The van der Waals surface area contributed by atoms with E-state index in [2.05, 4.69) is 120 Å². The van der Waals surface area contributed by atoms with Crippen LogP contribution in [-0.2, 0) is 5.41 Å². The first kappa shape index (κ1) is 30.7. The van der Waals surface area contributed by atoms with E-state index < -0.39 is 0 Å². The van der Waals surface area contributed by atoms with E-state index in [1.165, 1.54) is 67.8 Å². The second-order valence-electron chi connectivity index (χ2n) is 11.4. The molecular weight excluding hydrogens is 446 g/mol. The van der Waals surface area contributed by atoms with Crippen LogP contribution in [0.5, 0.6) is 0 Å². The monoisotopic (exact) mass is 488 g/mol. The molecule has 38 heavy (non-hydrogen) atoms. The number of hydrogen-bond acceptors (Lipinski definition) is 0. The summed E-state index contributed by atoms with van der Waals surface area (Å²) in [6, 6.07) is 25.1. The molecule has 0 spiro atoms. The maximum atomic E-state index is 4.11. The topological polar surface area (TPSA) is 0 Å². The third kappa shape index (κ3) is 5.69. The molecule has 1 fully saturated rings. The van der Waals surface area contributed by atoms with Crippen molar-refractivity contribution in [2.24, 2.45) is 11.8 Å². The molecule has 2 heteroatoms. The quantitative estimate of drug-likeness (QED) is 0.191. The predicted octanol–water partition coefficient (Wildman–Crippen LogP) is 6.73. The number of fused-ring (bicyclic) bond motifs is 2. The van der Waals surface area contributed by atoms with Crippen LogP contribution in [0.4, 0.5) is 0 Å². The Morgan fingerprint density at radius 1 is 0.789 bits per heavy atom. The first-order chi connectivity index (χ1) is 17.4. The molecule has 188 valence electrons. The Balaban J connectivity index is 0.00000200. The normalized spacial score (nSPS) is 19.6. The molecule has 3 aromatic carbocycles.